The summed E-state index contributed by atoms with van der Waals surface area (Å²) in [6, 6.07) is 17.8. The SMILES string of the molecule is c1ccc2c(c1)C[C@@H]([C@H]1Cc3ccccc3S1)S2. The van der Waals surface area contributed by atoms with Crippen molar-refractivity contribution >= 4 is 23.5 Å². The Morgan fingerprint density at radius 2 is 1.11 bits per heavy atom. The Hall–Kier alpha value is -0.860. The van der Waals surface area contributed by atoms with Crippen LogP contribution in [-0.4, -0.2) is 10.5 Å². The average Bonchev–Trinajstić information content (AvgIpc) is 3.02. The van der Waals surface area contributed by atoms with E-state index in [1.54, 1.807) is 11.1 Å². The maximum Gasteiger partial charge on any atom is 0.0261 e. The van der Waals surface area contributed by atoms with Gasteiger partial charge in [0.2, 0.25) is 0 Å². The first-order valence-corrected chi connectivity index (χ1v) is 8.15. The van der Waals surface area contributed by atoms with E-state index >= 15 is 0 Å². The number of hydrogen-bond donors (Lipinski definition) is 0. The van der Waals surface area contributed by atoms with Gasteiger partial charge in [-0.3, -0.25) is 0 Å². The molecule has 2 aromatic rings. The van der Waals surface area contributed by atoms with Gasteiger partial charge in [0, 0.05) is 20.3 Å². The van der Waals surface area contributed by atoms with Crippen LogP contribution >= 0.6 is 23.5 Å². The predicted molar refractivity (Wildman–Crippen MR) is 79.6 cm³/mol. The van der Waals surface area contributed by atoms with Gasteiger partial charge in [-0.1, -0.05) is 36.4 Å². The molecule has 4 rings (SSSR count). The summed E-state index contributed by atoms with van der Waals surface area (Å²) in [5.74, 6) is 0. The summed E-state index contributed by atoms with van der Waals surface area (Å²) in [5.41, 5.74) is 3.09. The standard InChI is InChI=1S/C16H14S2/c1-3-7-13-11(5-1)9-15(17-13)16-10-12-6-2-4-8-14(12)18-16/h1-8,15-16H,9-10H2/t15-,16+. The largest absolute Gasteiger partial charge is 0.121 e. The van der Waals surface area contributed by atoms with Gasteiger partial charge < -0.3 is 0 Å². The molecule has 0 fully saturated rings. The van der Waals surface area contributed by atoms with Gasteiger partial charge in [0.25, 0.3) is 0 Å². The zero-order valence-corrected chi connectivity index (χ0v) is 11.6. The molecule has 0 aromatic heterocycles. The molecule has 90 valence electrons. The highest BCUT2D eigenvalue weighted by Gasteiger charge is 2.33. The van der Waals surface area contributed by atoms with Crippen LogP contribution < -0.4 is 0 Å². The Morgan fingerprint density at radius 1 is 0.667 bits per heavy atom. The second kappa shape index (κ2) is 4.36. The summed E-state index contributed by atoms with van der Waals surface area (Å²) in [5, 5.41) is 1.50. The maximum atomic E-state index is 2.29. The number of fused-ring (bicyclic) bond motifs is 2. The molecule has 0 saturated carbocycles. The zero-order chi connectivity index (χ0) is 11.9. The van der Waals surface area contributed by atoms with Crippen LogP contribution in [0.25, 0.3) is 0 Å². The highest BCUT2D eigenvalue weighted by molar-refractivity contribution is 8.04. The third kappa shape index (κ3) is 1.79. The minimum atomic E-state index is 0.750. The molecule has 0 aliphatic carbocycles. The molecular formula is C16H14S2. The first-order chi connectivity index (χ1) is 8.90. The molecule has 0 amide bonds. The summed E-state index contributed by atoms with van der Waals surface area (Å²) in [7, 11) is 0. The molecule has 0 saturated heterocycles. The first-order valence-electron chi connectivity index (χ1n) is 6.39. The van der Waals surface area contributed by atoms with E-state index in [2.05, 4.69) is 72.1 Å². The lowest BCUT2D eigenvalue weighted by Gasteiger charge is -2.15. The van der Waals surface area contributed by atoms with Crippen molar-refractivity contribution in [3.63, 3.8) is 0 Å². The van der Waals surface area contributed by atoms with Crippen LogP contribution in [0.3, 0.4) is 0 Å². The van der Waals surface area contributed by atoms with E-state index in [9.17, 15) is 0 Å². The molecule has 2 aromatic carbocycles. The number of hydrogen-bond acceptors (Lipinski definition) is 2. The number of rotatable bonds is 1. The highest BCUT2D eigenvalue weighted by Crippen LogP contribution is 2.47. The second-order valence-corrected chi connectivity index (χ2v) is 7.50. The third-order valence-corrected chi connectivity index (χ3v) is 6.83. The number of benzene rings is 2. The van der Waals surface area contributed by atoms with Gasteiger partial charge in [-0.15, -0.1) is 23.5 Å². The predicted octanol–water partition coefficient (Wildman–Crippen LogP) is 4.42. The van der Waals surface area contributed by atoms with Gasteiger partial charge in [-0.05, 0) is 36.1 Å². The van der Waals surface area contributed by atoms with Gasteiger partial charge in [0.05, 0.1) is 0 Å². The summed E-state index contributed by atoms with van der Waals surface area (Å²) in [4.78, 5) is 3.00. The molecule has 0 spiro atoms. The number of thioether (sulfide) groups is 2. The molecule has 2 heteroatoms. The fourth-order valence-electron chi connectivity index (χ4n) is 2.83. The van der Waals surface area contributed by atoms with Gasteiger partial charge in [0.15, 0.2) is 0 Å². The van der Waals surface area contributed by atoms with Crippen LogP contribution in [0, 0.1) is 0 Å². The van der Waals surface area contributed by atoms with Crippen molar-refractivity contribution in [1.82, 2.24) is 0 Å². The molecule has 0 unspecified atom stereocenters. The maximum absolute atomic E-state index is 2.29. The van der Waals surface area contributed by atoms with Crippen molar-refractivity contribution in [3.8, 4) is 0 Å². The molecule has 0 radical (unpaired) electrons. The fourth-order valence-corrected chi connectivity index (χ4v) is 5.76. The fraction of sp³-hybridized carbons (Fsp3) is 0.250. The second-order valence-electron chi connectivity index (χ2n) is 4.94. The van der Waals surface area contributed by atoms with E-state index in [0.29, 0.717) is 0 Å². The smallest absolute Gasteiger partial charge is 0.0261 e. The summed E-state index contributed by atoms with van der Waals surface area (Å²) in [6.45, 7) is 0. The highest BCUT2D eigenvalue weighted by atomic mass is 32.2. The van der Waals surface area contributed by atoms with Gasteiger partial charge in [0.1, 0.15) is 0 Å². The lowest BCUT2D eigenvalue weighted by atomic mass is 10.0. The van der Waals surface area contributed by atoms with Crippen molar-refractivity contribution < 1.29 is 0 Å². The van der Waals surface area contributed by atoms with Crippen LogP contribution in [0.15, 0.2) is 58.3 Å². The van der Waals surface area contributed by atoms with Crippen molar-refractivity contribution in [3.05, 3.63) is 59.7 Å². The van der Waals surface area contributed by atoms with Crippen molar-refractivity contribution in [2.24, 2.45) is 0 Å². The van der Waals surface area contributed by atoms with E-state index in [0.717, 1.165) is 10.5 Å². The molecule has 0 nitrogen and oxygen atoms in total. The molecule has 2 heterocycles. The molecular weight excluding hydrogens is 256 g/mol. The summed E-state index contributed by atoms with van der Waals surface area (Å²) in [6.07, 6.45) is 2.49. The van der Waals surface area contributed by atoms with E-state index in [1.807, 2.05) is 0 Å². The topological polar surface area (TPSA) is 0 Å². The molecule has 0 N–H and O–H groups in total. The van der Waals surface area contributed by atoms with Crippen molar-refractivity contribution in [1.29, 1.82) is 0 Å². The quantitative estimate of drug-likeness (QED) is 0.752. The Bertz CT molecular complexity index is 488. The van der Waals surface area contributed by atoms with Crippen LogP contribution in [0.5, 0.6) is 0 Å². The van der Waals surface area contributed by atoms with Crippen molar-refractivity contribution in [2.45, 2.75) is 33.1 Å². The minimum absolute atomic E-state index is 0.750. The molecule has 0 bridgehead atoms. The van der Waals surface area contributed by atoms with Crippen LogP contribution in [0.2, 0.25) is 0 Å². The lowest BCUT2D eigenvalue weighted by molar-refractivity contribution is 0.793. The Labute approximate surface area is 116 Å². The zero-order valence-electron chi connectivity index (χ0n) is 10.0. The Kier molecular flexibility index (Phi) is 2.66. The van der Waals surface area contributed by atoms with E-state index in [4.69, 9.17) is 0 Å². The minimum Gasteiger partial charge on any atom is -0.121 e. The third-order valence-electron chi connectivity index (χ3n) is 3.76. The van der Waals surface area contributed by atoms with Crippen molar-refractivity contribution in [2.75, 3.05) is 0 Å². The van der Waals surface area contributed by atoms with Crippen LogP contribution in [0.1, 0.15) is 11.1 Å². The first kappa shape index (κ1) is 11.0. The molecule has 2 aliphatic heterocycles. The molecule has 2 aliphatic rings. The van der Waals surface area contributed by atoms with E-state index in [1.165, 1.54) is 22.6 Å². The Balaban J connectivity index is 1.56. The van der Waals surface area contributed by atoms with Gasteiger partial charge >= 0.3 is 0 Å². The monoisotopic (exact) mass is 270 g/mol. The van der Waals surface area contributed by atoms with Crippen LogP contribution in [-0.2, 0) is 12.8 Å². The molecule has 2 atom stereocenters. The van der Waals surface area contributed by atoms with E-state index in [-0.39, 0.29) is 0 Å². The van der Waals surface area contributed by atoms with E-state index < -0.39 is 0 Å². The molecule has 18 heavy (non-hydrogen) atoms. The van der Waals surface area contributed by atoms with Crippen LogP contribution in [0.4, 0.5) is 0 Å². The summed E-state index contributed by atoms with van der Waals surface area (Å²) >= 11 is 4.17. The Morgan fingerprint density at radius 3 is 1.56 bits per heavy atom. The van der Waals surface area contributed by atoms with Gasteiger partial charge in [-0.2, -0.15) is 0 Å². The normalized spacial score (nSPS) is 24.9. The lowest BCUT2D eigenvalue weighted by Crippen LogP contribution is -2.18. The van der Waals surface area contributed by atoms with Gasteiger partial charge in [-0.25, -0.2) is 0 Å². The summed E-state index contributed by atoms with van der Waals surface area (Å²) < 4.78 is 0. The average molecular weight is 270 g/mol.